The van der Waals surface area contributed by atoms with Crippen molar-refractivity contribution in [3.05, 3.63) is 34.9 Å². The Labute approximate surface area is 252 Å². The minimum Gasteiger partial charge on any atom is -0.508 e. The molecule has 2 aliphatic heterocycles. The number of rotatable bonds is 12. The Morgan fingerprint density at radius 2 is 1.84 bits per heavy atom. The lowest BCUT2D eigenvalue weighted by molar-refractivity contribution is -0.217. The van der Waals surface area contributed by atoms with Crippen molar-refractivity contribution >= 4 is 11.9 Å². The molecule has 5 unspecified atom stereocenters. The minimum absolute atomic E-state index is 0.00479. The number of aliphatic hydroxyl groups is 3. The van der Waals surface area contributed by atoms with E-state index in [1.54, 1.807) is 20.8 Å². The number of phenols is 2. The Morgan fingerprint density at radius 1 is 1.19 bits per heavy atom. The third-order valence-corrected chi connectivity index (χ3v) is 9.02. The van der Waals surface area contributed by atoms with Gasteiger partial charge in [-0.15, -0.1) is 6.58 Å². The van der Waals surface area contributed by atoms with Crippen LogP contribution in [0.5, 0.6) is 11.5 Å². The number of carbonyl (C=O) groups excluding carboxylic acids is 2. The number of amides is 1. The highest BCUT2D eigenvalue weighted by Gasteiger charge is 2.48. The Bertz CT molecular complexity index is 1180. The summed E-state index contributed by atoms with van der Waals surface area (Å²) < 4.78 is 22.7. The molecular formula is C31H47NO11. The molecule has 0 radical (unpaired) electrons. The van der Waals surface area contributed by atoms with E-state index >= 15 is 0 Å². The van der Waals surface area contributed by atoms with Gasteiger partial charge in [-0.25, -0.2) is 4.79 Å². The Kier molecular flexibility index (Phi) is 11.2. The van der Waals surface area contributed by atoms with Gasteiger partial charge in [0.1, 0.15) is 29.3 Å². The summed E-state index contributed by atoms with van der Waals surface area (Å²) in [7, 11) is 2.76. The van der Waals surface area contributed by atoms with Crippen LogP contribution >= 0.6 is 0 Å². The van der Waals surface area contributed by atoms with Gasteiger partial charge in [-0.3, -0.25) is 4.79 Å². The number of esters is 1. The molecule has 43 heavy (non-hydrogen) atoms. The molecule has 0 bridgehead atoms. The van der Waals surface area contributed by atoms with Gasteiger partial charge in [-0.2, -0.15) is 0 Å². The standard InChI is InChI=1S/C31H47NO11/c1-14(2)9-22(40-7)27(37)28(38)32-29(41-8)23-13-24(36)31(5,6)25(42-23)12-19(34)16(4)21-10-17-15(3)18(33)11-20(35)26(17)30(39)43-21/h11,16,19,21-25,27,29,33-37H,1,9-10,12-13H2,2-8H3,(H,32,38)/t16?,19?,21?,22?,23-,24+,25+,27?,29-/m0/s1. The Balaban J connectivity index is 1.73. The number of cyclic esters (lactones) is 1. The summed E-state index contributed by atoms with van der Waals surface area (Å²) in [5.74, 6) is -2.57. The number of benzene rings is 1. The van der Waals surface area contributed by atoms with Crippen LogP contribution in [0.25, 0.3) is 0 Å². The Hall–Kier alpha value is -2.74. The number of ether oxygens (including phenoxy) is 4. The Morgan fingerprint density at radius 3 is 2.42 bits per heavy atom. The molecule has 2 aliphatic rings. The second-order valence-electron chi connectivity index (χ2n) is 12.5. The van der Waals surface area contributed by atoms with Gasteiger partial charge in [-0.05, 0) is 31.4 Å². The van der Waals surface area contributed by atoms with Crippen molar-refractivity contribution in [2.75, 3.05) is 14.2 Å². The molecule has 2 heterocycles. The smallest absolute Gasteiger partial charge is 0.342 e. The highest BCUT2D eigenvalue weighted by molar-refractivity contribution is 5.96. The summed E-state index contributed by atoms with van der Waals surface area (Å²) >= 11 is 0. The summed E-state index contributed by atoms with van der Waals surface area (Å²) in [6.45, 7) is 12.6. The maximum absolute atomic E-state index is 12.9. The van der Waals surface area contributed by atoms with E-state index in [2.05, 4.69) is 11.9 Å². The molecule has 0 aliphatic carbocycles. The van der Waals surface area contributed by atoms with E-state index in [4.69, 9.17) is 18.9 Å². The minimum atomic E-state index is -1.50. The maximum atomic E-state index is 12.9. The van der Waals surface area contributed by atoms with Crippen LogP contribution < -0.4 is 5.32 Å². The van der Waals surface area contributed by atoms with E-state index in [0.29, 0.717) is 11.1 Å². The molecule has 1 aromatic rings. The number of carbonyl (C=O) groups is 2. The zero-order chi connectivity index (χ0) is 32.4. The molecule has 0 saturated carbocycles. The van der Waals surface area contributed by atoms with Gasteiger partial charge in [0.15, 0.2) is 12.3 Å². The monoisotopic (exact) mass is 609 g/mol. The lowest BCUT2D eigenvalue weighted by atomic mass is 9.73. The van der Waals surface area contributed by atoms with E-state index in [0.717, 1.165) is 11.6 Å². The van der Waals surface area contributed by atoms with Crippen molar-refractivity contribution in [2.45, 2.75) is 109 Å². The van der Waals surface area contributed by atoms with Crippen LogP contribution in [-0.4, -0.2) is 101 Å². The fourth-order valence-corrected chi connectivity index (χ4v) is 5.80. The predicted molar refractivity (Wildman–Crippen MR) is 155 cm³/mol. The number of hydrogen-bond donors (Lipinski definition) is 6. The summed E-state index contributed by atoms with van der Waals surface area (Å²) in [6.07, 6.45) is -6.89. The second-order valence-corrected chi connectivity index (χ2v) is 12.5. The lowest BCUT2D eigenvalue weighted by Crippen LogP contribution is -2.59. The van der Waals surface area contributed by atoms with Crippen LogP contribution in [0.3, 0.4) is 0 Å². The highest BCUT2D eigenvalue weighted by atomic mass is 16.6. The first-order valence-electron chi connectivity index (χ1n) is 14.5. The third kappa shape index (κ3) is 7.50. The topological polar surface area (TPSA) is 184 Å². The second kappa shape index (κ2) is 13.9. The van der Waals surface area contributed by atoms with Gasteiger partial charge in [0.25, 0.3) is 5.91 Å². The van der Waals surface area contributed by atoms with Gasteiger partial charge in [0, 0.05) is 50.9 Å². The molecule has 9 atom stereocenters. The van der Waals surface area contributed by atoms with E-state index in [9.17, 15) is 35.1 Å². The summed E-state index contributed by atoms with van der Waals surface area (Å²) in [5, 5.41) is 56.0. The van der Waals surface area contributed by atoms with E-state index in [1.807, 2.05) is 13.8 Å². The molecule has 12 heteroatoms. The normalized spacial score (nSPS) is 26.8. The van der Waals surface area contributed by atoms with Crippen LogP contribution in [0.2, 0.25) is 0 Å². The van der Waals surface area contributed by atoms with Crippen molar-refractivity contribution in [1.29, 1.82) is 0 Å². The fourth-order valence-electron chi connectivity index (χ4n) is 5.80. The van der Waals surface area contributed by atoms with Gasteiger partial charge in [0.2, 0.25) is 0 Å². The van der Waals surface area contributed by atoms with Crippen molar-refractivity contribution in [1.82, 2.24) is 5.32 Å². The number of nitrogens with one attached hydrogen (secondary N) is 1. The molecule has 3 rings (SSSR count). The quantitative estimate of drug-likeness (QED) is 0.115. The molecule has 1 amide bonds. The molecule has 0 aromatic heterocycles. The largest absolute Gasteiger partial charge is 0.508 e. The first-order valence-corrected chi connectivity index (χ1v) is 14.5. The van der Waals surface area contributed by atoms with Crippen LogP contribution in [0.4, 0.5) is 0 Å². The van der Waals surface area contributed by atoms with Gasteiger partial charge >= 0.3 is 5.97 Å². The van der Waals surface area contributed by atoms with Crippen molar-refractivity contribution in [2.24, 2.45) is 11.3 Å². The molecule has 242 valence electrons. The molecule has 1 fully saturated rings. The van der Waals surface area contributed by atoms with Crippen molar-refractivity contribution in [3.63, 3.8) is 0 Å². The molecule has 12 nitrogen and oxygen atoms in total. The molecule has 6 N–H and O–H groups in total. The van der Waals surface area contributed by atoms with Crippen molar-refractivity contribution < 1.29 is 54.1 Å². The zero-order valence-electron chi connectivity index (χ0n) is 26.0. The van der Waals surface area contributed by atoms with Gasteiger partial charge in [0.05, 0.1) is 24.4 Å². The summed E-state index contributed by atoms with van der Waals surface area (Å²) in [6, 6.07) is 1.10. The van der Waals surface area contributed by atoms with Crippen LogP contribution in [0.1, 0.15) is 68.4 Å². The predicted octanol–water partition coefficient (Wildman–Crippen LogP) is 1.85. The fraction of sp³-hybridized carbons (Fsp3) is 0.677. The average molecular weight is 610 g/mol. The molecule has 0 spiro atoms. The number of aromatic hydroxyl groups is 2. The van der Waals surface area contributed by atoms with E-state index in [1.165, 1.54) is 14.2 Å². The SMILES string of the molecule is C=C(C)CC(OC)C(O)C(=O)N[C@@H](OC)[C@@H]1C[C@@H](O)C(C)(C)[C@@H](CC(O)C(C)C2Cc3c(C)c(O)cc(O)c3C(=O)O2)O1. The van der Waals surface area contributed by atoms with E-state index in [-0.39, 0.29) is 42.7 Å². The maximum Gasteiger partial charge on any atom is 0.342 e. The van der Waals surface area contributed by atoms with Crippen LogP contribution in [0, 0.1) is 18.3 Å². The highest BCUT2D eigenvalue weighted by Crippen LogP contribution is 2.42. The van der Waals surface area contributed by atoms with Crippen molar-refractivity contribution in [3.8, 4) is 11.5 Å². The summed E-state index contributed by atoms with van der Waals surface area (Å²) in [5.41, 5.74) is 0.851. The van der Waals surface area contributed by atoms with E-state index < -0.39 is 72.2 Å². The van der Waals surface area contributed by atoms with Gasteiger partial charge in [-0.1, -0.05) is 26.3 Å². The number of fused-ring (bicyclic) bond motifs is 1. The average Bonchev–Trinajstić information content (AvgIpc) is 2.94. The summed E-state index contributed by atoms with van der Waals surface area (Å²) in [4.78, 5) is 25.6. The lowest BCUT2D eigenvalue weighted by Gasteiger charge is -2.48. The number of phenolic OH excluding ortho intramolecular Hbond substituents is 2. The molecular weight excluding hydrogens is 562 g/mol. The molecule has 1 saturated heterocycles. The number of aliphatic hydroxyl groups excluding tert-OH is 3. The van der Waals surface area contributed by atoms with Crippen LogP contribution in [0.15, 0.2) is 18.2 Å². The van der Waals surface area contributed by atoms with Gasteiger partial charge < -0.3 is 49.8 Å². The zero-order valence-corrected chi connectivity index (χ0v) is 26.0. The number of hydrogen-bond acceptors (Lipinski definition) is 11. The first-order chi connectivity index (χ1) is 20.0. The molecule has 1 aromatic carbocycles. The third-order valence-electron chi connectivity index (χ3n) is 9.02. The number of methoxy groups -OCH3 is 2. The first kappa shape index (κ1) is 34.7. The van der Waals surface area contributed by atoms with Crippen LogP contribution in [-0.2, 0) is 30.2 Å².